The highest BCUT2D eigenvalue weighted by Gasteiger charge is 2.40. The quantitative estimate of drug-likeness (QED) is 0.726. The van der Waals surface area contributed by atoms with E-state index in [0.717, 1.165) is 51.4 Å². The molecule has 0 atom stereocenters. The second-order valence-electron chi connectivity index (χ2n) is 7.00. The molecule has 2 rings (SSSR count). The van der Waals surface area contributed by atoms with Crippen LogP contribution >= 0.6 is 21.7 Å². The van der Waals surface area contributed by atoms with Crippen LogP contribution in [0.1, 0.15) is 71.6 Å². The minimum Gasteiger partial charge on any atom is -0.228 e. The number of halogens is 1. The molecule has 0 N–H and O–H groups in total. The number of sulfone groups is 1. The summed E-state index contributed by atoms with van der Waals surface area (Å²) in [6, 6.07) is 0. The predicted molar refractivity (Wildman–Crippen MR) is 89.1 cm³/mol. The van der Waals surface area contributed by atoms with Gasteiger partial charge in [0, 0.05) is 4.75 Å². The maximum atomic E-state index is 12.7. The number of hydrogen-bond donors (Lipinski definition) is 0. The van der Waals surface area contributed by atoms with Crippen LogP contribution in [0.25, 0.3) is 0 Å². The van der Waals surface area contributed by atoms with Crippen LogP contribution in [0.4, 0.5) is 0 Å². The molecule has 118 valence electrons. The van der Waals surface area contributed by atoms with Gasteiger partial charge in [0.25, 0.3) is 0 Å². The topological polar surface area (TPSA) is 34.1 Å². The van der Waals surface area contributed by atoms with E-state index in [-0.39, 0.29) is 15.2 Å². The molecule has 5 heteroatoms. The molecule has 0 radical (unpaired) electrons. The molecule has 0 heterocycles. The Bertz CT molecular complexity index is 406. The van der Waals surface area contributed by atoms with Crippen molar-refractivity contribution < 1.29 is 8.42 Å². The molecular weight excluding hydrogens is 312 g/mol. The van der Waals surface area contributed by atoms with Crippen LogP contribution in [0.5, 0.6) is 0 Å². The van der Waals surface area contributed by atoms with Crippen LogP contribution in [0.2, 0.25) is 0 Å². The van der Waals surface area contributed by atoms with Gasteiger partial charge in [0.15, 0.2) is 9.84 Å². The molecule has 2 nitrogen and oxygen atoms in total. The minimum atomic E-state index is -2.90. The summed E-state index contributed by atoms with van der Waals surface area (Å²) in [7, 11) is 4.47. The van der Waals surface area contributed by atoms with Crippen LogP contribution in [0, 0.1) is 5.92 Å². The molecule has 0 aromatic heterocycles. The lowest BCUT2D eigenvalue weighted by molar-refractivity contribution is 0.303. The molecule has 0 aliphatic heterocycles. The summed E-state index contributed by atoms with van der Waals surface area (Å²) in [5.41, 5.74) is 0. The van der Waals surface area contributed by atoms with E-state index in [1.165, 1.54) is 17.4 Å². The molecule has 20 heavy (non-hydrogen) atoms. The lowest BCUT2D eigenvalue weighted by atomic mass is 9.81. The van der Waals surface area contributed by atoms with Gasteiger partial charge in [-0.3, -0.25) is 0 Å². The summed E-state index contributed by atoms with van der Waals surface area (Å²) in [5, 5.41) is -0.133. The van der Waals surface area contributed by atoms with E-state index < -0.39 is 9.84 Å². The van der Waals surface area contributed by atoms with Crippen molar-refractivity contribution >= 4 is 31.5 Å². The molecule has 0 bridgehead atoms. The Morgan fingerprint density at radius 2 is 1.40 bits per heavy atom. The lowest BCUT2D eigenvalue weighted by Gasteiger charge is -2.38. The van der Waals surface area contributed by atoms with E-state index in [1.807, 2.05) is 0 Å². The highest BCUT2D eigenvalue weighted by Crippen LogP contribution is 2.44. The largest absolute Gasteiger partial charge is 0.228 e. The zero-order chi connectivity index (χ0) is 14.8. The van der Waals surface area contributed by atoms with Gasteiger partial charge in [0.05, 0.1) is 10.5 Å². The molecule has 0 aromatic rings. The first-order valence-electron chi connectivity index (χ1n) is 7.90. The Balaban J connectivity index is 1.96. The first-order valence-corrected chi connectivity index (χ1v) is 11.2. The van der Waals surface area contributed by atoms with Gasteiger partial charge in [-0.15, -0.1) is 0 Å². The lowest BCUT2D eigenvalue weighted by Crippen LogP contribution is -2.39. The third-order valence-electron chi connectivity index (χ3n) is 5.34. The highest BCUT2D eigenvalue weighted by molar-refractivity contribution is 8.22. The van der Waals surface area contributed by atoms with Gasteiger partial charge >= 0.3 is 0 Å². The second-order valence-corrected chi connectivity index (χ2v) is 11.2. The maximum absolute atomic E-state index is 12.7. The van der Waals surface area contributed by atoms with Gasteiger partial charge in [-0.2, -0.15) is 0 Å². The summed E-state index contributed by atoms with van der Waals surface area (Å²) in [5.74, 6) is 0.544. The first kappa shape index (κ1) is 17.0. The minimum absolute atomic E-state index is 0.0480. The van der Waals surface area contributed by atoms with Crippen molar-refractivity contribution in [3.63, 3.8) is 0 Å². The van der Waals surface area contributed by atoms with Gasteiger partial charge in [0.2, 0.25) is 0 Å². The van der Waals surface area contributed by atoms with E-state index in [2.05, 4.69) is 13.8 Å². The smallest absolute Gasteiger partial charge is 0.156 e. The van der Waals surface area contributed by atoms with Crippen molar-refractivity contribution in [1.29, 1.82) is 0 Å². The fourth-order valence-corrected chi connectivity index (χ4v) is 7.02. The Kier molecular flexibility index (Phi) is 5.75. The highest BCUT2D eigenvalue weighted by atomic mass is 35.7. The summed E-state index contributed by atoms with van der Waals surface area (Å²) in [6.07, 6.45) is 8.86. The zero-order valence-electron chi connectivity index (χ0n) is 12.6. The van der Waals surface area contributed by atoms with Crippen molar-refractivity contribution in [2.24, 2.45) is 5.92 Å². The standard InChI is InChI=1S/C15H27ClO2S2/c1-15(2,19-16)12-8-10-14(11-9-12)20(17,18)13-6-4-3-5-7-13/h12-14H,3-11H2,1-2H3. The average molecular weight is 339 g/mol. The average Bonchev–Trinajstić information content (AvgIpc) is 2.48. The Hall–Kier alpha value is 0.590. The molecule has 2 aliphatic rings. The Morgan fingerprint density at radius 3 is 1.90 bits per heavy atom. The summed E-state index contributed by atoms with van der Waals surface area (Å²) in [4.78, 5) is 0. The van der Waals surface area contributed by atoms with Crippen LogP contribution in [0.3, 0.4) is 0 Å². The number of hydrogen-bond acceptors (Lipinski definition) is 3. The zero-order valence-corrected chi connectivity index (χ0v) is 15.0. The predicted octanol–water partition coefficient (Wildman–Crippen LogP) is 4.96. The summed E-state index contributed by atoms with van der Waals surface area (Å²) in [6.45, 7) is 4.34. The Labute approximate surface area is 132 Å². The molecule has 2 aliphatic carbocycles. The van der Waals surface area contributed by atoms with Crippen molar-refractivity contribution in [2.45, 2.75) is 86.9 Å². The van der Waals surface area contributed by atoms with Gasteiger partial charge in [-0.05, 0) is 79.9 Å². The van der Waals surface area contributed by atoms with E-state index >= 15 is 0 Å². The SMILES string of the molecule is CC(C)(SCl)C1CCC(S(=O)(=O)C2CCCCC2)CC1. The number of rotatable bonds is 4. The van der Waals surface area contributed by atoms with E-state index in [1.54, 1.807) is 0 Å². The third kappa shape index (κ3) is 3.67. The monoisotopic (exact) mass is 338 g/mol. The first-order chi connectivity index (χ1) is 9.38. The molecule has 2 fully saturated rings. The van der Waals surface area contributed by atoms with Crippen molar-refractivity contribution in [1.82, 2.24) is 0 Å². The second kappa shape index (κ2) is 6.78. The van der Waals surface area contributed by atoms with E-state index in [0.29, 0.717) is 5.92 Å². The van der Waals surface area contributed by atoms with Gasteiger partial charge in [-0.25, -0.2) is 8.42 Å². The molecule has 0 aromatic carbocycles. The van der Waals surface area contributed by atoms with Gasteiger partial charge in [-0.1, -0.05) is 19.3 Å². The van der Waals surface area contributed by atoms with Crippen molar-refractivity contribution in [3.05, 3.63) is 0 Å². The molecular formula is C15H27ClO2S2. The fourth-order valence-electron chi connectivity index (χ4n) is 3.82. The molecule has 0 amide bonds. The third-order valence-corrected chi connectivity index (χ3v) is 10.1. The van der Waals surface area contributed by atoms with E-state index in [9.17, 15) is 8.42 Å². The van der Waals surface area contributed by atoms with E-state index in [4.69, 9.17) is 10.7 Å². The molecule has 2 saturated carbocycles. The summed E-state index contributed by atoms with van der Waals surface area (Å²) >= 11 is 0. The van der Waals surface area contributed by atoms with Crippen LogP contribution < -0.4 is 0 Å². The van der Waals surface area contributed by atoms with Crippen LogP contribution in [-0.4, -0.2) is 23.7 Å². The van der Waals surface area contributed by atoms with Gasteiger partial charge in [0.1, 0.15) is 0 Å². The maximum Gasteiger partial charge on any atom is 0.156 e. The Morgan fingerprint density at radius 1 is 0.900 bits per heavy atom. The van der Waals surface area contributed by atoms with Crippen LogP contribution in [-0.2, 0) is 9.84 Å². The normalized spacial score (nSPS) is 30.4. The van der Waals surface area contributed by atoms with Crippen LogP contribution in [0.15, 0.2) is 0 Å². The van der Waals surface area contributed by atoms with Gasteiger partial charge < -0.3 is 0 Å². The molecule has 0 spiro atoms. The summed E-state index contributed by atoms with van der Waals surface area (Å²) < 4.78 is 25.5. The van der Waals surface area contributed by atoms with Crippen molar-refractivity contribution in [3.8, 4) is 0 Å². The fraction of sp³-hybridized carbons (Fsp3) is 1.00. The molecule has 0 unspecified atom stereocenters. The molecule has 0 saturated heterocycles. The van der Waals surface area contributed by atoms with Crippen molar-refractivity contribution in [2.75, 3.05) is 0 Å².